The molecule has 2 aliphatic carbocycles. The first-order valence-corrected chi connectivity index (χ1v) is 8.51. The van der Waals surface area contributed by atoms with E-state index in [0.29, 0.717) is 17.2 Å². The monoisotopic (exact) mass is 276 g/mol. The van der Waals surface area contributed by atoms with E-state index in [4.69, 9.17) is 0 Å². The van der Waals surface area contributed by atoms with E-state index in [1.807, 2.05) is 13.0 Å². The summed E-state index contributed by atoms with van der Waals surface area (Å²) in [5, 5.41) is 0. The van der Waals surface area contributed by atoms with Gasteiger partial charge in [0.25, 0.3) is 0 Å². The summed E-state index contributed by atoms with van der Waals surface area (Å²) in [5.74, 6) is 0.684. The fourth-order valence-corrected chi connectivity index (χ4v) is 6.72. The van der Waals surface area contributed by atoms with Crippen LogP contribution in [0, 0.1) is 11.8 Å². The van der Waals surface area contributed by atoms with E-state index in [1.165, 1.54) is 0 Å². The van der Waals surface area contributed by atoms with E-state index < -0.39 is 14.6 Å². The molecule has 0 unspecified atom stereocenters. The van der Waals surface area contributed by atoms with Gasteiger partial charge in [-0.25, -0.2) is 8.42 Å². The van der Waals surface area contributed by atoms with Crippen LogP contribution in [-0.4, -0.2) is 13.2 Å². The third kappa shape index (κ3) is 1.51. The minimum atomic E-state index is -3.33. The van der Waals surface area contributed by atoms with Crippen molar-refractivity contribution in [3.8, 4) is 0 Å². The van der Waals surface area contributed by atoms with Crippen LogP contribution in [-0.2, 0) is 9.84 Å². The molecule has 0 N–H and O–H groups in total. The standard InChI is InChI=1S/C16H20O2S/c1-3-16(12(2)13-9-10-14(16)11-13)19(17,18)15-7-5-4-6-8-15/h4-8,13-14H,2-3,9-11H2,1H3/t13-,14+,16-/m0/s1. The minimum absolute atomic E-state index is 0.264. The van der Waals surface area contributed by atoms with Gasteiger partial charge in [-0.2, -0.15) is 0 Å². The van der Waals surface area contributed by atoms with E-state index in [1.54, 1.807) is 24.3 Å². The Morgan fingerprint density at radius 1 is 1.26 bits per heavy atom. The topological polar surface area (TPSA) is 34.1 Å². The maximum atomic E-state index is 13.1. The van der Waals surface area contributed by atoms with Crippen molar-refractivity contribution in [2.45, 2.75) is 42.2 Å². The van der Waals surface area contributed by atoms with Gasteiger partial charge in [-0.15, -0.1) is 0 Å². The molecule has 0 amide bonds. The molecule has 3 atom stereocenters. The van der Waals surface area contributed by atoms with Crippen LogP contribution >= 0.6 is 0 Å². The summed E-state index contributed by atoms with van der Waals surface area (Å²) in [6.07, 6.45) is 3.81. The lowest BCUT2D eigenvalue weighted by Crippen LogP contribution is -2.44. The fraction of sp³-hybridized carbons (Fsp3) is 0.500. The van der Waals surface area contributed by atoms with Crippen LogP contribution in [0.25, 0.3) is 0 Å². The second-order valence-corrected chi connectivity index (χ2v) is 8.00. The second-order valence-electron chi connectivity index (χ2n) is 5.79. The summed E-state index contributed by atoms with van der Waals surface area (Å²) < 4.78 is 25.5. The molecule has 1 aromatic rings. The Morgan fingerprint density at radius 2 is 1.95 bits per heavy atom. The minimum Gasteiger partial charge on any atom is -0.223 e. The zero-order chi connectivity index (χ0) is 13.7. The summed E-state index contributed by atoms with van der Waals surface area (Å²) in [6.45, 7) is 6.17. The van der Waals surface area contributed by atoms with Crippen molar-refractivity contribution in [1.29, 1.82) is 0 Å². The van der Waals surface area contributed by atoms with Gasteiger partial charge in [0.15, 0.2) is 9.84 Å². The van der Waals surface area contributed by atoms with Crippen molar-refractivity contribution < 1.29 is 8.42 Å². The summed E-state index contributed by atoms with van der Waals surface area (Å²) in [7, 11) is -3.33. The van der Waals surface area contributed by atoms with Crippen LogP contribution < -0.4 is 0 Å². The molecule has 0 aromatic heterocycles. The van der Waals surface area contributed by atoms with Gasteiger partial charge in [0.2, 0.25) is 0 Å². The number of hydrogen-bond donors (Lipinski definition) is 0. The largest absolute Gasteiger partial charge is 0.223 e. The van der Waals surface area contributed by atoms with Gasteiger partial charge in [-0.3, -0.25) is 0 Å². The molecule has 2 saturated carbocycles. The number of rotatable bonds is 3. The van der Waals surface area contributed by atoms with Crippen LogP contribution in [0.2, 0.25) is 0 Å². The molecule has 0 saturated heterocycles. The summed E-state index contributed by atoms with van der Waals surface area (Å²) in [5.41, 5.74) is 0.968. The highest BCUT2D eigenvalue weighted by Crippen LogP contribution is 2.59. The van der Waals surface area contributed by atoms with E-state index in [0.717, 1.165) is 24.8 Å². The molecule has 3 rings (SSSR count). The zero-order valence-corrected chi connectivity index (χ0v) is 12.1. The van der Waals surface area contributed by atoms with E-state index in [9.17, 15) is 8.42 Å². The first kappa shape index (κ1) is 12.9. The average molecular weight is 276 g/mol. The smallest absolute Gasteiger partial charge is 0.188 e. The number of fused-ring (bicyclic) bond motifs is 2. The van der Waals surface area contributed by atoms with Gasteiger partial charge in [0.1, 0.15) is 4.75 Å². The van der Waals surface area contributed by atoms with Crippen molar-refractivity contribution in [2.75, 3.05) is 0 Å². The molecule has 3 heteroatoms. The Bertz CT molecular complexity index is 603. The normalized spacial score (nSPS) is 33.8. The molecule has 102 valence electrons. The molecule has 2 fully saturated rings. The van der Waals surface area contributed by atoms with Gasteiger partial charge in [-0.05, 0) is 49.7 Å². The van der Waals surface area contributed by atoms with Crippen molar-refractivity contribution in [3.63, 3.8) is 0 Å². The predicted octanol–water partition coefficient (Wildman–Crippen LogP) is 3.60. The third-order valence-corrected chi connectivity index (χ3v) is 7.92. The number of sulfone groups is 1. The first-order valence-electron chi connectivity index (χ1n) is 7.03. The summed E-state index contributed by atoms with van der Waals surface area (Å²) in [6, 6.07) is 8.88. The van der Waals surface area contributed by atoms with Gasteiger partial charge in [-0.1, -0.05) is 37.3 Å². The molecule has 1 aromatic carbocycles. The molecular weight excluding hydrogens is 256 g/mol. The van der Waals surface area contributed by atoms with Crippen molar-refractivity contribution in [1.82, 2.24) is 0 Å². The molecule has 2 bridgehead atoms. The van der Waals surface area contributed by atoms with Gasteiger partial charge in [0.05, 0.1) is 4.90 Å². The Labute approximate surface area is 115 Å². The predicted molar refractivity (Wildman–Crippen MR) is 76.6 cm³/mol. The van der Waals surface area contributed by atoms with Crippen LogP contribution in [0.15, 0.2) is 47.4 Å². The first-order chi connectivity index (χ1) is 9.04. The Morgan fingerprint density at radius 3 is 2.47 bits per heavy atom. The maximum Gasteiger partial charge on any atom is 0.188 e. The van der Waals surface area contributed by atoms with Crippen molar-refractivity contribution in [2.24, 2.45) is 11.8 Å². The van der Waals surface area contributed by atoms with Crippen molar-refractivity contribution in [3.05, 3.63) is 42.5 Å². The molecular formula is C16H20O2S. The van der Waals surface area contributed by atoms with Gasteiger partial charge < -0.3 is 0 Å². The SMILES string of the molecule is C=C1[C@H]2CC[C@H](C2)[C@@]1(CC)S(=O)(=O)c1ccccc1. The van der Waals surface area contributed by atoms with Crippen LogP contribution in [0.1, 0.15) is 32.6 Å². The lowest BCUT2D eigenvalue weighted by Gasteiger charge is -2.38. The Kier molecular flexibility index (Phi) is 2.86. The highest BCUT2D eigenvalue weighted by molar-refractivity contribution is 7.93. The fourth-order valence-electron chi connectivity index (χ4n) is 4.24. The summed E-state index contributed by atoms with van der Waals surface area (Å²) >= 11 is 0. The highest BCUT2D eigenvalue weighted by Gasteiger charge is 2.60. The van der Waals surface area contributed by atoms with E-state index in [-0.39, 0.29) is 5.92 Å². The zero-order valence-electron chi connectivity index (χ0n) is 11.3. The van der Waals surface area contributed by atoms with Crippen LogP contribution in [0.5, 0.6) is 0 Å². The van der Waals surface area contributed by atoms with Crippen LogP contribution in [0.4, 0.5) is 0 Å². The Balaban J connectivity index is 2.16. The van der Waals surface area contributed by atoms with E-state index in [2.05, 4.69) is 6.58 Å². The second kappa shape index (κ2) is 4.20. The molecule has 0 radical (unpaired) electrons. The van der Waals surface area contributed by atoms with Crippen molar-refractivity contribution >= 4 is 9.84 Å². The van der Waals surface area contributed by atoms with Gasteiger partial charge in [0, 0.05) is 0 Å². The molecule has 0 aliphatic heterocycles. The molecule has 0 spiro atoms. The number of hydrogen-bond acceptors (Lipinski definition) is 2. The highest BCUT2D eigenvalue weighted by atomic mass is 32.2. The average Bonchev–Trinajstić information content (AvgIpc) is 3.00. The molecule has 2 aliphatic rings. The molecule has 19 heavy (non-hydrogen) atoms. The number of benzene rings is 1. The van der Waals surface area contributed by atoms with E-state index >= 15 is 0 Å². The third-order valence-electron chi connectivity index (χ3n) is 5.19. The van der Waals surface area contributed by atoms with Crippen LogP contribution in [0.3, 0.4) is 0 Å². The summed E-state index contributed by atoms with van der Waals surface area (Å²) in [4.78, 5) is 0.450. The lowest BCUT2D eigenvalue weighted by molar-refractivity contribution is 0.405. The lowest BCUT2D eigenvalue weighted by atomic mass is 9.82. The quantitative estimate of drug-likeness (QED) is 0.791. The maximum absolute atomic E-state index is 13.1. The van der Waals surface area contributed by atoms with Gasteiger partial charge >= 0.3 is 0 Å². The molecule has 2 nitrogen and oxygen atoms in total. The Hall–Kier alpha value is -1.09. The molecule has 0 heterocycles.